The maximum atomic E-state index is 12.3. The number of hydrogen-bond donors (Lipinski definition) is 1. The van der Waals surface area contributed by atoms with E-state index in [4.69, 9.17) is 14.2 Å². The molecule has 1 atom stereocenters. The average Bonchev–Trinajstić information content (AvgIpc) is 2.72. The molecule has 0 bridgehead atoms. The number of aryl methyl sites for hydroxylation is 1. The molecule has 0 aliphatic heterocycles. The van der Waals surface area contributed by atoms with E-state index >= 15 is 0 Å². The molecule has 0 spiro atoms. The molecule has 0 unspecified atom stereocenters. The SMILES string of the molecule is COc1cc(CCC(=O)O[C@H](C)C(=O)Nc2ccccc2C(C)=O)cc(OC)c1. The molecule has 2 aromatic carbocycles. The molecule has 0 saturated carbocycles. The summed E-state index contributed by atoms with van der Waals surface area (Å²) in [5.41, 5.74) is 1.63. The molecule has 0 saturated heterocycles. The van der Waals surface area contributed by atoms with Crippen LogP contribution in [0.2, 0.25) is 0 Å². The van der Waals surface area contributed by atoms with Crippen LogP contribution < -0.4 is 14.8 Å². The highest BCUT2D eigenvalue weighted by atomic mass is 16.5. The number of carbonyl (C=O) groups is 3. The fraction of sp³-hybridized carbons (Fsp3) is 0.318. The maximum Gasteiger partial charge on any atom is 0.306 e. The van der Waals surface area contributed by atoms with Gasteiger partial charge in [-0.25, -0.2) is 0 Å². The van der Waals surface area contributed by atoms with Crippen molar-refractivity contribution in [3.63, 3.8) is 0 Å². The van der Waals surface area contributed by atoms with Gasteiger partial charge in [0.25, 0.3) is 5.91 Å². The lowest BCUT2D eigenvalue weighted by Crippen LogP contribution is -2.30. The standard InChI is InChI=1S/C22H25NO6/c1-14(24)19-7-5-6-8-20(19)23-22(26)15(2)29-21(25)10-9-16-11-17(27-3)13-18(12-16)28-4/h5-8,11-13,15H,9-10H2,1-4H3,(H,23,26)/t15-/m1/s1. The van der Waals surface area contributed by atoms with Crippen LogP contribution in [0.5, 0.6) is 11.5 Å². The van der Waals surface area contributed by atoms with E-state index in [9.17, 15) is 14.4 Å². The number of para-hydroxylation sites is 1. The Morgan fingerprint density at radius 2 is 1.62 bits per heavy atom. The lowest BCUT2D eigenvalue weighted by atomic mass is 10.1. The fourth-order valence-electron chi connectivity index (χ4n) is 2.70. The first-order valence-electron chi connectivity index (χ1n) is 9.16. The zero-order valence-electron chi connectivity index (χ0n) is 17.0. The Hall–Kier alpha value is -3.35. The van der Waals surface area contributed by atoms with Gasteiger partial charge >= 0.3 is 5.97 Å². The van der Waals surface area contributed by atoms with E-state index in [0.717, 1.165) is 5.56 Å². The average molecular weight is 399 g/mol. The summed E-state index contributed by atoms with van der Waals surface area (Å²) in [6, 6.07) is 12.0. The summed E-state index contributed by atoms with van der Waals surface area (Å²) < 4.78 is 15.6. The Labute approximate surface area is 170 Å². The first-order chi connectivity index (χ1) is 13.8. The van der Waals surface area contributed by atoms with Crippen molar-refractivity contribution < 1.29 is 28.6 Å². The van der Waals surface area contributed by atoms with Gasteiger partial charge in [-0.15, -0.1) is 0 Å². The fourth-order valence-corrected chi connectivity index (χ4v) is 2.70. The van der Waals surface area contributed by atoms with Crippen molar-refractivity contribution in [3.05, 3.63) is 53.6 Å². The number of benzene rings is 2. The molecular weight excluding hydrogens is 374 g/mol. The smallest absolute Gasteiger partial charge is 0.306 e. The van der Waals surface area contributed by atoms with Crippen LogP contribution in [0.3, 0.4) is 0 Å². The molecule has 0 aliphatic rings. The van der Waals surface area contributed by atoms with Crippen molar-refractivity contribution >= 4 is 23.3 Å². The van der Waals surface area contributed by atoms with Crippen molar-refractivity contribution in [2.45, 2.75) is 32.8 Å². The molecule has 0 fully saturated rings. The van der Waals surface area contributed by atoms with Gasteiger partial charge < -0.3 is 19.5 Å². The predicted octanol–water partition coefficient (Wildman–Crippen LogP) is 3.41. The Morgan fingerprint density at radius 1 is 1.00 bits per heavy atom. The van der Waals surface area contributed by atoms with Crippen LogP contribution in [-0.2, 0) is 20.7 Å². The summed E-state index contributed by atoms with van der Waals surface area (Å²) in [7, 11) is 3.11. The van der Waals surface area contributed by atoms with E-state index in [1.54, 1.807) is 44.6 Å². The third-order valence-electron chi connectivity index (χ3n) is 4.27. The maximum absolute atomic E-state index is 12.3. The third-order valence-corrected chi connectivity index (χ3v) is 4.27. The highest BCUT2D eigenvalue weighted by molar-refractivity contribution is 6.04. The Bertz CT molecular complexity index is 870. The summed E-state index contributed by atoms with van der Waals surface area (Å²) in [6.45, 7) is 2.90. The number of carbonyl (C=O) groups excluding carboxylic acids is 3. The molecule has 154 valence electrons. The zero-order valence-corrected chi connectivity index (χ0v) is 17.0. The van der Waals surface area contributed by atoms with Gasteiger partial charge in [0, 0.05) is 18.1 Å². The topological polar surface area (TPSA) is 90.9 Å². The number of hydrogen-bond acceptors (Lipinski definition) is 6. The van der Waals surface area contributed by atoms with Gasteiger partial charge in [0.1, 0.15) is 11.5 Å². The minimum absolute atomic E-state index is 0.0952. The van der Waals surface area contributed by atoms with Crippen LogP contribution in [0.1, 0.15) is 36.2 Å². The van der Waals surface area contributed by atoms with Crippen LogP contribution in [0.4, 0.5) is 5.69 Å². The van der Waals surface area contributed by atoms with E-state index in [1.165, 1.54) is 13.8 Å². The first kappa shape index (κ1) is 21.9. The minimum atomic E-state index is -0.998. The molecule has 7 heteroatoms. The number of ether oxygens (including phenoxy) is 3. The lowest BCUT2D eigenvalue weighted by molar-refractivity contribution is -0.153. The largest absolute Gasteiger partial charge is 0.497 e. The summed E-state index contributed by atoms with van der Waals surface area (Å²) >= 11 is 0. The molecule has 1 N–H and O–H groups in total. The molecule has 7 nitrogen and oxygen atoms in total. The summed E-state index contributed by atoms with van der Waals surface area (Å²) in [6.07, 6.45) is -0.492. The molecule has 0 radical (unpaired) electrons. The van der Waals surface area contributed by atoms with E-state index < -0.39 is 18.0 Å². The number of esters is 1. The van der Waals surface area contributed by atoms with Gasteiger partial charge in [-0.1, -0.05) is 12.1 Å². The van der Waals surface area contributed by atoms with E-state index in [-0.39, 0.29) is 12.2 Å². The van der Waals surface area contributed by atoms with E-state index in [2.05, 4.69) is 5.32 Å². The molecule has 2 rings (SSSR count). The highest BCUT2D eigenvalue weighted by Gasteiger charge is 2.19. The van der Waals surface area contributed by atoms with Crippen molar-refractivity contribution in [2.24, 2.45) is 0 Å². The highest BCUT2D eigenvalue weighted by Crippen LogP contribution is 2.23. The Morgan fingerprint density at radius 3 is 2.21 bits per heavy atom. The van der Waals surface area contributed by atoms with Gasteiger partial charge in [-0.3, -0.25) is 14.4 Å². The summed E-state index contributed by atoms with van der Waals surface area (Å²) in [4.78, 5) is 36.1. The monoisotopic (exact) mass is 399 g/mol. The second kappa shape index (κ2) is 10.3. The second-order valence-electron chi connectivity index (χ2n) is 6.44. The number of rotatable bonds is 9. The zero-order chi connectivity index (χ0) is 21.4. The number of methoxy groups -OCH3 is 2. The molecule has 29 heavy (non-hydrogen) atoms. The lowest BCUT2D eigenvalue weighted by Gasteiger charge is -2.15. The molecule has 1 amide bonds. The molecular formula is C22H25NO6. The van der Waals surface area contributed by atoms with Gasteiger partial charge in [-0.05, 0) is 50.1 Å². The molecule has 0 heterocycles. The molecule has 0 aromatic heterocycles. The molecule has 2 aromatic rings. The van der Waals surface area contributed by atoms with Crippen LogP contribution >= 0.6 is 0 Å². The number of ketones is 1. The normalized spacial score (nSPS) is 11.3. The summed E-state index contributed by atoms with van der Waals surface area (Å²) in [5, 5.41) is 2.63. The van der Waals surface area contributed by atoms with Gasteiger partial charge in [0.2, 0.25) is 0 Å². The van der Waals surface area contributed by atoms with Crippen LogP contribution in [0, 0.1) is 0 Å². The Kier molecular flexibility index (Phi) is 7.77. The quantitative estimate of drug-likeness (QED) is 0.513. The third kappa shape index (κ3) is 6.34. The first-order valence-corrected chi connectivity index (χ1v) is 9.16. The summed E-state index contributed by atoms with van der Waals surface area (Å²) in [5.74, 6) is 0.0813. The van der Waals surface area contributed by atoms with Gasteiger partial charge in [0.05, 0.1) is 19.9 Å². The Balaban J connectivity index is 1.92. The molecule has 0 aliphatic carbocycles. The van der Waals surface area contributed by atoms with Crippen molar-refractivity contribution in [3.8, 4) is 11.5 Å². The number of nitrogens with one attached hydrogen (secondary N) is 1. The predicted molar refractivity (Wildman–Crippen MR) is 108 cm³/mol. The van der Waals surface area contributed by atoms with Crippen LogP contribution in [0.25, 0.3) is 0 Å². The number of Topliss-reactive ketones (excluding diaryl/α,β-unsaturated/α-hetero) is 1. The minimum Gasteiger partial charge on any atom is -0.497 e. The van der Waals surface area contributed by atoms with Crippen LogP contribution in [0.15, 0.2) is 42.5 Å². The van der Waals surface area contributed by atoms with Crippen molar-refractivity contribution in [2.75, 3.05) is 19.5 Å². The van der Waals surface area contributed by atoms with Gasteiger partial charge in [-0.2, -0.15) is 0 Å². The van der Waals surface area contributed by atoms with E-state index in [0.29, 0.717) is 29.2 Å². The number of amides is 1. The number of anilines is 1. The van der Waals surface area contributed by atoms with Crippen molar-refractivity contribution in [1.82, 2.24) is 0 Å². The second-order valence-corrected chi connectivity index (χ2v) is 6.44. The van der Waals surface area contributed by atoms with E-state index in [1.807, 2.05) is 12.1 Å². The van der Waals surface area contributed by atoms with Gasteiger partial charge in [0.15, 0.2) is 11.9 Å². The van der Waals surface area contributed by atoms with Crippen molar-refractivity contribution in [1.29, 1.82) is 0 Å². The van der Waals surface area contributed by atoms with Crippen LogP contribution in [-0.4, -0.2) is 38.0 Å².